The Morgan fingerprint density at radius 2 is 1.75 bits per heavy atom. The predicted octanol–water partition coefficient (Wildman–Crippen LogP) is 3.76. The summed E-state index contributed by atoms with van der Waals surface area (Å²) in [7, 11) is 0. The average Bonchev–Trinajstić information content (AvgIpc) is 2.62. The quantitative estimate of drug-likeness (QED) is 0.637. The average molecular weight is 385 g/mol. The van der Waals surface area contributed by atoms with Crippen molar-refractivity contribution in [1.82, 2.24) is 0 Å². The Labute approximate surface area is 164 Å². The van der Waals surface area contributed by atoms with Crippen LogP contribution in [0, 0.1) is 5.92 Å². The lowest BCUT2D eigenvalue weighted by molar-refractivity contribution is -0.138. The molecule has 0 aliphatic carbocycles. The summed E-state index contributed by atoms with van der Waals surface area (Å²) >= 11 is 0. The van der Waals surface area contributed by atoms with Gasteiger partial charge in [-0.05, 0) is 32.6 Å². The zero-order valence-corrected chi connectivity index (χ0v) is 17.0. The number of fused-ring (bicyclic) bond motifs is 3. The van der Waals surface area contributed by atoms with Gasteiger partial charge in [0.1, 0.15) is 17.4 Å². The predicted molar refractivity (Wildman–Crippen MR) is 107 cm³/mol. The standard InChI is InChI=1S/C22H27NO5/c1-12(2)17(23)21(25)27-20-16-10-11-22(4,5)28-18(16)14-8-6-7-9-15(14)19(20)26-13(3)24/h6-9,12,17H,10-11,23H2,1-5H3/t17-/m0/s1. The smallest absolute Gasteiger partial charge is 0.328 e. The van der Waals surface area contributed by atoms with Crippen molar-refractivity contribution in [3.05, 3.63) is 29.8 Å². The van der Waals surface area contributed by atoms with Gasteiger partial charge in [-0.1, -0.05) is 38.1 Å². The zero-order chi connectivity index (χ0) is 20.6. The third kappa shape index (κ3) is 3.83. The van der Waals surface area contributed by atoms with E-state index < -0.39 is 18.0 Å². The molecule has 6 heteroatoms. The van der Waals surface area contributed by atoms with E-state index >= 15 is 0 Å². The molecule has 1 atom stereocenters. The van der Waals surface area contributed by atoms with Gasteiger partial charge in [-0.2, -0.15) is 0 Å². The second-order valence-electron chi connectivity index (χ2n) is 8.16. The first kappa shape index (κ1) is 20.1. The van der Waals surface area contributed by atoms with Crippen molar-refractivity contribution < 1.29 is 23.8 Å². The largest absolute Gasteiger partial charge is 0.487 e. The van der Waals surface area contributed by atoms with Crippen molar-refractivity contribution >= 4 is 22.7 Å². The van der Waals surface area contributed by atoms with Crippen LogP contribution in [0.5, 0.6) is 17.2 Å². The fourth-order valence-electron chi connectivity index (χ4n) is 3.29. The number of esters is 2. The van der Waals surface area contributed by atoms with Gasteiger partial charge in [0.2, 0.25) is 0 Å². The van der Waals surface area contributed by atoms with Crippen LogP contribution in [0.1, 0.15) is 46.6 Å². The maximum atomic E-state index is 12.6. The van der Waals surface area contributed by atoms with Crippen LogP contribution in [-0.2, 0) is 16.0 Å². The highest BCUT2D eigenvalue weighted by Gasteiger charge is 2.34. The molecule has 1 heterocycles. The number of ether oxygens (including phenoxy) is 3. The van der Waals surface area contributed by atoms with Gasteiger partial charge in [-0.25, -0.2) is 4.79 Å². The van der Waals surface area contributed by atoms with Crippen LogP contribution in [0.2, 0.25) is 0 Å². The molecule has 0 saturated carbocycles. The van der Waals surface area contributed by atoms with Crippen LogP contribution < -0.4 is 19.9 Å². The van der Waals surface area contributed by atoms with Crippen molar-refractivity contribution in [3.8, 4) is 17.2 Å². The molecule has 1 aliphatic rings. The number of hydrogen-bond acceptors (Lipinski definition) is 6. The summed E-state index contributed by atoms with van der Waals surface area (Å²) in [6.07, 6.45) is 1.36. The fraction of sp³-hybridized carbons (Fsp3) is 0.455. The van der Waals surface area contributed by atoms with E-state index in [2.05, 4.69) is 0 Å². The SMILES string of the molecule is CC(=O)Oc1c(OC(=O)[C@@H](N)C(C)C)c2c(c3ccccc13)OC(C)(C)CC2. The molecule has 0 fully saturated rings. The van der Waals surface area contributed by atoms with Gasteiger partial charge in [0.05, 0.1) is 0 Å². The number of benzene rings is 2. The lowest BCUT2D eigenvalue weighted by Gasteiger charge is -2.34. The normalized spacial score (nSPS) is 16.2. The summed E-state index contributed by atoms with van der Waals surface area (Å²) in [5.41, 5.74) is 6.35. The van der Waals surface area contributed by atoms with E-state index in [1.807, 2.05) is 52.0 Å². The Morgan fingerprint density at radius 3 is 2.36 bits per heavy atom. The molecule has 0 aromatic heterocycles. The number of hydrogen-bond donors (Lipinski definition) is 1. The molecule has 150 valence electrons. The van der Waals surface area contributed by atoms with Crippen LogP contribution in [-0.4, -0.2) is 23.6 Å². The molecular formula is C22H27NO5. The third-order valence-electron chi connectivity index (χ3n) is 4.96. The number of nitrogens with two attached hydrogens (primary N) is 1. The maximum Gasteiger partial charge on any atom is 0.328 e. The van der Waals surface area contributed by atoms with Crippen molar-refractivity contribution in [1.29, 1.82) is 0 Å². The second-order valence-corrected chi connectivity index (χ2v) is 8.16. The Hall–Kier alpha value is -2.60. The molecule has 2 aromatic rings. The fourth-order valence-corrected chi connectivity index (χ4v) is 3.29. The van der Waals surface area contributed by atoms with E-state index in [0.29, 0.717) is 17.6 Å². The first-order valence-electron chi connectivity index (χ1n) is 9.53. The van der Waals surface area contributed by atoms with Gasteiger partial charge < -0.3 is 19.9 Å². The van der Waals surface area contributed by atoms with E-state index in [1.54, 1.807) is 0 Å². The number of carbonyl (C=O) groups is 2. The zero-order valence-electron chi connectivity index (χ0n) is 17.0. The van der Waals surface area contributed by atoms with Crippen LogP contribution in [0.3, 0.4) is 0 Å². The van der Waals surface area contributed by atoms with E-state index in [-0.39, 0.29) is 23.0 Å². The second kappa shape index (κ2) is 7.43. The van der Waals surface area contributed by atoms with Gasteiger partial charge >= 0.3 is 11.9 Å². The lowest BCUT2D eigenvalue weighted by atomic mass is 9.91. The minimum atomic E-state index is -0.784. The van der Waals surface area contributed by atoms with Crippen molar-refractivity contribution in [3.63, 3.8) is 0 Å². The highest BCUT2D eigenvalue weighted by molar-refractivity contribution is 5.99. The van der Waals surface area contributed by atoms with Crippen LogP contribution in [0.15, 0.2) is 24.3 Å². The molecule has 0 radical (unpaired) electrons. The van der Waals surface area contributed by atoms with Gasteiger partial charge in [0.25, 0.3) is 0 Å². The highest BCUT2D eigenvalue weighted by atomic mass is 16.6. The van der Waals surface area contributed by atoms with Crippen molar-refractivity contribution in [2.75, 3.05) is 0 Å². The molecule has 2 N–H and O–H groups in total. The molecule has 3 rings (SSSR count). The van der Waals surface area contributed by atoms with Crippen molar-refractivity contribution in [2.24, 2.45) is 11.7 Å². The topological polar surface area (TPSA) is 87.9 Å². The Bertz CT molecular complexity index is 932. The van der Waals surface area contributed by atoms with E-state index in [0.717, 1.165) is 17.4 Å². The van der Waals surface area contributed by atoms with E-state index in [9.17, 15) is 9.59 Å². The van der Waals surface area contributed by atoms with Crippen LogP contribution in [0.25, 0.3) is 10.8 Å². The minimum Gasteiger partial charge on any atom is -0.487 e. The summed E-state index contributed by atoms with van der Waals surface area (Å²) in [6, 6.07) is 6.67. The molecule has 2 aromatic carbocycles. The van der Waals surface area contributed by atoms with Gasteiger partial charge in [0, 0.05) is 23.3 Å². The molecular weight excluding hydrogens is 358 g/mol. The van der Waals surface area contributed by atoms with E-state index in [4.69, 9.17) is 19.9 Å². The van der Waals surface area contributed by atoms with Crippen molar-refractivity contribution in [2.45, 2.75) is 59.1 Å². The minimum absolute atomic E-state index is 0.0869. The van der Waals surface area contributed by atoms with E-state index in [1.165, 1.54) is 6.92 Å². The first-order chi connectivity index (χ1) is 13.1. The Morgan fingerprint density at radius 1 is 1.11 bits per heavy atom. The van der Waals surface area contributed by atoms with Gasteiger partial charge in [0.15, 0.2) is 11.5 Å². The monoisotopic (exact) mass is 385 g/mol. The van der Waals surface area contributed by atoms with Gasteiger partial charge in [-0.3, -0.25) is 4.79 Å². The summed E-state index contributed by atoms with van der Waals surface area (Å²) in [5.74, 6) is -0.0342. The lowest BCUT2D eigenvalue weighted by Crippen LogP contribution is -2.39. The first-order valence-corrected chi connectivity index (χ1v) is 9.53. The summed E-state index contributed by atoms with van der Waals surface area (Å²) in [5, 5.41) is 1.46. The molecule has 0 spiro atoms. The van der Waals surface area contributed by atoms with Crippen LogP contribution in [0.4, 0.5) is 0 Å². The summed E-state index contributed by atoms with van der Waals surface area (Å²) in [6.45, 7) is 9.05. The Balaban J connectivity index is 2.25. The summed E-state index contributed by atoms with van der Waals surface area (Å²) < 4.78 is 17.5. The summed E-state index contributed by atoms with van der Waals surface area (Å²) in [4.78, 5) is 24.4. The van der Waals surface area contributed by atoms with Crippen LogP contribution >= 0.6 is 0 Å². The third-order valence-corrected chi connectivity index (χ3v) is 4.96. The molecule has 1 aliphatic heterocycles. The molecule has 0 bridgehead atoms. The molecule has 0 unspecified atom stereocenters. The molecule has 28 heavy (non-hydrogen) atoms. The number of rotatable bonds is 4. The number of carbonyl (C=O) groups excluding carboxylic acids is 2. The maximum absolute atomic E-state index is 12.6. The highest BCUT2D eigenvalue weighted by Crippen LogP contribution is 2.50. The molecule has 0 amide bonds. The van der Waals surface area contributed by atoms with Gasteiger partial charge in [-0.15, -0.1) is 0 Å². The molecule has 6 nitrogen and oxygen atoms in total. The Kier molecular flexibility index (Phi) is 5.35. The molecule has 0 saturated heterocycles.